The molecule has 9 nitrogen and oxygen atoms in total. The van der Waals surface area contributed by atoms with Crippen molar-refractivity contribution in [3.63, 3.8) is 0 Å². The largest absolute Gasteiger partial charge is 0.416 e. The van der Waals surface area contributed by atoms with Gasteiger partial charge in [-0.3, -0.25) is 19.1 Å². The first-order valence-electron chi connectivity index (χ1n) is 12.6. The van der Waals surface area contributed by atoms with Gasteiger partial charge in [-0.05, 0) is 54.8 Å². The van der Waals surface area contributed by atoms with Crippen molar-refractivity contribution in [3.8, 4) is 0 Å². The van der Waals surface area contributed by atoms with Crippen LogP contribution in [0.3, 0.4) is 0 Å². The maximum atomic E-state index is 14.3. The number of aromatic amines is 1. The topological polar surface area (TPSA) is 113 Å². The highest BCUT2D eigenvalue weighted by Crippen LogP contribution is 2.39. The molecule has 2 aromatic carbocycles. The molecule has 0 saturated carbocycles. The zero-order chi connectivity index (χ0) is 30.4. The molecule has 0 spiro atoms. The van der Waals surface area contributed by atoms with Crippen LogP contribution in [0.1, 0.15) is 36.5 Å². The number of sulfone groups is 1. The van der Waals surface area contributed by atoms with Crippen LogP contribution in [-0.2, 0) is 33.9 Å². The molecule has 1 aliphatic heterocycles. The lowest BCUT2D eigenvalue weighted by Crippen LogP contribution is -2.42. The summed E-state index contributed by atoms with van der Waals surface area (Å²) in [6, 6.07) is 3.85. The van der Waals surface area contributed by atoms with Crippen LogP contribution in [0.5, 0.6) is 0 Å². The Bertz CT molecular complexity index is 1750. The number of H-pyrrole nitrogens is 1. The van der Waals surface area contributed by atoms with Gasteiger partial charge < -0.3 is 9.88 Å². The lowest BCUT2D eigenvalue weighted by atomic mass is 10.0. The van der Waals surface area contributed by atoms with Gasteiger partial charge >= 0.3 is 11.9 Å². The minimum absolute atomic E-state index is 0.0238. The molecule has 3 aromatic rings. The Hall–Kier alpha value is -2.87. The van der Waals surface area contributed by atoms with E-state index in [1.807, 2.05) is 0 Å². The molecule has 4 rings (SSSR count). The number of rotatable bonds is 7. The average Bonchev–Trinajstić information content (AvgIpc) is 3.35. The number of amides is 1. The van der Waals surface area contributed by atoms with Crippen LogP contribution in [0.15, 0.2) is 38.8 Å². The van der Waals surface area contributed by atoms with E-state index in [2.05, 4.69) is 4.98 Å². The zero-order valence-corrected chi connectivity index (χ0v) is 24.6. The van der Waals surface area contributed by atoms with Crippen LogP contribution in [0, 0.1) is 0 Å². The number of fused-ring (bicyclic) bond motifs is 1. The van der Waals surface area contributed by atoms with E-state index in [1.165, 1.54) is 30.0 Å². The van der Waals surface area contributed by atoms with Crippen LogP contribution in [-0.4, -0.2) is 66.1 Å². The van der Waals surface area contributed by atoms with Crippen molar-refractivity contribution >= 4 is 49.8 Å². The summed E-state index contributed by atoms with van der Waals surface area (Å²) in [6.45, 7) is 0.875. The van der Waals surface area contributed by atoms with Gasteiger partial charge in [0.2, 0.25) is 5.91 Å². The third-order valence-corrected chi connectivity index (χ3v) is 9.62. The number of nitrogens with zero attached hydrogens (tertiary/aromatic N) is 3. The lowest BCUT2D eigenvalue weighted by molar-refractivity contribution is -0.138. The summed E-state index contributed by atoms with van der Waals surface area (Å²) in [6.07, 6.45) is -3.86. The van der Waals surface area contributed by atoms with Crippen molar-refractivity contribution in [2.75, 3.05) is 26.4 Å². The molecule has 41 heavy (non-hydrogen) atoms. The average molecular weight is 635 g/mol. The molecule has 1 aliphatic rings. The smallest absolute Gasteiger partial charge is 0.347 e. The highest BCUT2D eigenvalue weighted by atomic mass is 35.5. The summed E-state index contributed by atoms with van der Waals surface area (Å²) in [5, 5.41) is -0.827. The van der Waals surface area contributed by atoms with Crippen LogP contribution < -0.4 is 11.2 Å². The molecule has 2 heterocycles. The number of likely N-dealkylation sites (tertiary alicyclic amines) is 1. The fourth-order valence-electron chi connectivity index (χ4n) is 5.04. The number of carbonyl (C=O) groups excluding carboxylic acids is 1. The van der Waals surface area contributed by atoms with E-state index < -0.39 is 55.8 Å². The number of likely N-dealkylation sites (N-methyl/N-ethyl adjacent to an activating group) is 1. The van der Waals surface area contributed by atoms with Crippen molar-refractivity contribution < 1.29 is 26.4 Å². The number of alkyl halides is 3. The molecule has 1 amide bonds. The molecule has 0 bridgehead atoms. The van der Waals surface area contributed by atoms with Gasteiger partial charge in [-0.25, -0.2) is 13.2 Å². The number of nitrogens with one attached hydrogen (secondary N) is 1. The predicted molar refractivity (Wildman–Crippen MR) is 149 cm³/mol. The monoisotopic (exact) mass is 634 g/mol. The van der Waals surface area contributed by atoms with Crippen LogP contribution in [0.25, 0.3) is 10.9 Å². The first-order valence-corrected chi connectivity index (χ1v) is 15.0. The summed E-state index contributed by atoms with van der Waals surface area (Å²) in [5.41, 5.74) is -3.91. The Morgan fingerprint density at radius 2 is 1.83 bits per heavy atom. The fraction of sp³-hybridized carbons (Fsp3) is 0.423. The Morgan fingerprint density at radius 1 is 1.15 bits per heavy atom. The highest BCUT2D eigenvalue weighted by Gasteiger charge is 2.39. The van der Waals surface area contributed by atoms with Gasteiger partial charge in [0.25, 0.3) is 5.56 Å². The summed E-state index contributed by atoms with van der Waals surface area (Å²) < 4.78 is 68.8. The molecular formula is C26H27Cl2F3N4O5S. The summed E-state index contributed by atoms with van der Waals surface area (Å²) >= 11 is 12.5. The van der Waals surface area contributed by atoms with Gasteiger partial charge in [-0.15, -0.1) is 0 Å². The van der Waals surface area contributed by atoms with E-state index in [0.717, 1.165) is 0 Å². The SMILES string of the molecule is CCS(=O)(=O)c1ccc(Cl)cc1Cn1c(=O)[nH]c2c(Cl)c(CN3CCC[C@@H]3C(=O)N(C)C)c(C(F)(F)F)cc2c1=O. The van der Waals surface area contributed by atoms with E-state index >= 15 is 0 Å². The standard InChI is InChI=1S/C26H27Cl2F3N4O5S/c1-4-41(39,40)20-8-7-15(27)10-14(20)12-35-23(36)16-11-18(26(29,30)31)17(21(28)22(16)32-25(35)38)13-34-9-5-6-19(34)24(37)33(2)3/h7-8,10-11,19H,4-6,9,12-13H2,1-3H3,(H,32,38)/t19-/m1/s1. The van der Waals surface area contributed by atoms with Crippen molar-refractivity contribution in [2.24, 2.45) is 0 Å². The summed E-state index contributed by atoms with van der Waals surface area (Å²) in [7, 11) is -0.671. The molecule has 15 heteroatoms. The molecule has 1 N–H and O–H groups in total. The predicted octanol–water partition coefficient (Wildman–Crippen LogP) is 3.91. The minimum Gasteiger partial charge on any atom is -0.347 e. The second kappa shape index (κ2) is 11.4. The number of benzene rings is 2. The Morgan fingerprint density at radius 3 is 2.44 bits per heavy atom. The Labute approximate surface area is 243 Å². The third kappa shape index (κ3) is 6.04. The van der Waals surface area contributed by atoms with Crippen molar-refractivity contribution in [2.45, 2.75) is 50.0 Å². The first-order chi connectivity index (χ1) is 19.1. The quantitative estimate of drug-likeness (QED) is 0.422. The molecule has 0 aliphatic carbocycles. The van der Waals surface area contributed by atoms with Crippen LogP contribution >= 0.6 is 23.2 Å². The number of hydrogen-bond acceptors (Lipinski definition) is 6. The molecular weight excluding hydrogens is 608 g/mol. The van der Waals surface area contributed by atoms with Gasteiger partial charge in [0.05, 0.1) is 44.7 Å². The second-order valence-electron chi connectivity index (χ2n) is 9.98. The second-order valence-corrected chi connectivity index (χ2v) is 13.0. The van der Waals surface area contributed by atoms with E-state index in [9.17, 15) is 36.0 Å². The summed E-state index contributed by atoms with van der Waals surface area (Å²) in [5.74, 6) is -0.523. The number of hydrogen-bond donors (Lipinski definition) is 1. The van der Waals surface area contributed by atoms with Crippen molar-refractivity contribution in [1.29, 1.82) is 0 Å². The minimum atomic E-state index is -4.92. The Balaban J connectivity index is 1.89. The lowest BCUT2D eigenvalue weighted by Gasteiger charge is -2.28. The zero-order valence-electron chi connectivity index (χ0n) is 22.3. The van der Waals surface area contributed by atoms with Crippen molar-refractivity contribution in [3.05, 3.63) is 71.8 Å². The highest BCUT2D eigenvalue weighted by molar-refractivity contribution is 7.91. The van der Waals surface area contributed by atoms with Crippen molar-refractivity contribution in [1.82, 2.24) is 19.4 Å². The van der Waals surface area contributed by atoms with E-state index in [-0.39, 0.29) is 44.8 Å². The van der Waals surface area contributed by atoms with Gasteiger partial charge in [-0.1, -0.05) is 30.1 Å². The maximum Gasteiger partial charge on any atom is 0.416 e. The molecule has 222 valence electrons. The van der Waals surface area contributed by atoms with E-state index in [1.54, 1.807) is 19.0 Å². The molecule has 1 saturated heterocycles. The molecule has 1 fully saturated rings. The van der Waals surface area contributed by atoms with Gasteiger partial charge in [-0.2, -0.15) is 13.2 Å². The van der Waals surface area contributed by atoms with Gasteiger partial charge in [0.15, 0.2) is 9.84 Å². The number of carbonyl (C=O) groups is 1. The number of aromatic nitrogens is 2. The third-order valence-electron chi connectivity index (χ3n) is 7.14. The van der Waals surface area contributed by atoms with Gasteiger partial charge in [0, 0.05) is 25.7 Å². The molecule has 0 radical (unpaired) electrons. The van der Waals surface area contributed by atoms with Crippen LogP contribution in [0.4, 0.5) is 13.2 Å². The number of halogens is 5. The molecule has 1 atom stereocenters. The van der Waals surface area contributed by atoms with Crippen LogP contribution in [0.2, 0.25) is 10.0 Å². The maximum absolute atomic E-state index is 14.3. The molecule has 1 aromatic heterocycles. The van der Waals surface area contributed by atoms with E-state index in [0.29, 0.717) is 30.0 Å². The van der Waals surface area contributed by atoms with E-state index in [4.69, 9.17) is 23.2 Å². The first kappa shape index (κ1) is 31.1. The normalized spacial score (nSPS) is 16.4. The fourth-order valence-corrected chi connectivity index (χ4v) is 6.66. The Kier molecular flexibility index (Phi) is 8.66. The summed E-state index contributed by atoms with van der Waals surface area (Å²) in [4.78, 5) is 44.3. The van der Waals surface area contributed by atoms with Gasteiger partial charge in [0.1, 0.15) is 0 Å². The molecule has 0 unspecified atom stereocenters.